The zero-order valence-electron chi connectivity index (χ0n) is 10.5. The molecular weight excluding hydrogens is 238 g/mol. The van der Waals surface area contributed by atoms with Gasteiger partial charge in [-0.25, -0.2) is 8.42 Å². The normalized spacial score (nSPS) is 33.6. The van der Waals surface area contributed by atoms with E-state index in [4.69, 9.17) is 5.73 Å². The van der Waals surface area contributed by atoms with E-state index >= 15 is 0 Å². The second-order valence-corrected chi connectivity index (χ2v) is 7.49. The summed E-state index contributed by atoms with van der Waals surface area (Å²) in [6, 6.07) is 0.804. The van der Waals surface area contributed by atoms with Gasteiger partial charge in [-0.3, -0.25) is 4.90 Å². The van der Waals surface area contributed by atoms with Crippen molar-refractivity contribution in [1.29, 1.82) is 0 Å². The van der Waals surface area contributed by atoms with E-state index in [1.165, 1.54) is 0 Å². The molecule has 2 aliphatic heterocycles. The molecule has 0 aromatic heterocycles. The average molecular weight is 261 g/mol. The summed E-state index contributed by atoms with van der Waals surface area (Å²) >= 11 is 0. The van der Waals surface area contributed by atoms with E-state index in [1.807, 2.05) is 0 Å². The molecule has 2 N–H and O–H groups in total. The van der Waals surface area contributed by atoms with E-state index in [-0.39, 0.29) is 6.04 Å². The average Bonchev–Trinajstić information content (AvgIpc) is 2.84. The third-order valence-electron chi connectivity index (χ3n) is 4.02. The third kappa shape index (κ3) is 3.19. The van der Waals surface area contributed by atoms with Crippen molar-refractivity contribution in [2.75, 3.05) is 44.7 Å². The molecule has 0 bridgehead atoms. The van der Waals surface area contributed by atoms with Crippen molar-refractivity contribution >= 4 is 9.84 Å². The lowest BCUT2D eigenvalue weighted by Crippen LogP contribution is -2.40. The minimum Gasteiger partial charge on any atom is -0.329 e. The summed E-state index contributed by atoms with van der Waals surface area (Å²) in [5.41, 5.74) is 5.55. The molecule has 6 heteroatoms. The Labute approximate surface area is 104 Å². The van der Waals surface area contributed by atoms with Crippen molar-refractivity contribution in [3.05, 3.63) is 0 Å². The Hall–Kier alpha value is -0.170. The zero-order valence-corrected chi connectivity index (χ0v) is 11.3. The molecule has 2 fully saturated rings. The van der Waals surface area contributed by atoms with Crippen molar-refractivity contribution in [1.82, 2.24) is 9.80 Å². The first-order chi connectivity index (χ1) is 8.02. The second-order valence-electron chi connectivity index (χ2n) is 5.26. The summed E-state index contributed by atoms with van der Waals surface area (Å²) in [6.07, 6.45) is 1.95. The van der Waals surface area contributed by atoms with Crippen LogP contribution in [0.5, 0.6) is 0 Å². The molecule has 0 aliphatic carbocycles. The maximum Gasteiger partial charge on any atom is 0.151 e. The van der Waals surface area contributed by atoms with Gasteiger partial charge in [-0.2, -0.15) is 0 Å². The van der Waals surface area contributed by atoms with Crippen LogP contribution in [0.3, 0.4) is 0 Å². The van der Waals surface area contributed by atoms with Gasteiger partial charge in [-0.1, -0.05) is 0 Å². The number of sulfone groups is 1. The minimum absolute atomic E-state index is 0.260. The highest BCUT2D eigenvalue weighted by Gasteiger charge is 2.36. The zero-order chi connectivity index (χ0) is 12.5. The van der Waals surface area contributed by atoms with E-state index in [0.717, 1.165) is 32.5 Å². The maximum atomic E-state index is 11.5. The van der Waals surface area contributed by atoms with Crippen LogP contribution in [0, 0.1) is 0 Å². The Morgan fingerprint density at radius 2 is 2.18 bits per heavy atom. The molecule has 2 rings (SSSR count). The predicted octanol–water partition coefficient (Wildman–Crippen LogP) is -0.862. The van der Waals surface area contributed by atoms with Gasteiger partial charge >= 0.3 is 0 Å². The van der Waals surface area contributed by atoms with E-state index in [9.17, 15) is 8.42 Å². The third-order valence-corrected chi connectivity index (χ3v) is 5.78. The van der Waals surface area contributed by atoms with Crippen LogP contribution in [0.25, 0.3) is 0 Å². The van der Waals surface area contributed by atoms with Crippen molar-refractivity contribution in [3.63, 3.8) is 0 Å². The molecule has 0 saturated carbocycles. The van der Waals surface area contributed by atoms with Gasteiger partial charge in [0.05, 0.1) is 11.5 Å². The van der Waals surface area contributed by atoms with Crippen molar-refractivity contribution in [3.8, 4) is 0 Å². The van der Waals surface area contributed by atoms with Crippen LogP contribution < -0.4 is 5.73 Å². The summed E-state index contributed by atoms with van der Waals surface area (Å²) < 4.78 is 22.9. The molecule has 0 aromatic rings. The Kier molecular flexibility index (Phi) is 4.07. The molecular formula is C11H23N3O2S. The van der Waals surface area contributed by atoms with E-state index in [2.05, 4.69) is 16.8 Å². The summed E-state index contributed by atoms with van der Waals surface area (Å²) in [6.45, 7) is 3.63. The fourth-order valence-corrected chi connectivity index (χ4v) is 4.67. The Bertz CT molecular complexity index is 358. The number of hydrogen-bond donors (Lipinski definition) is 1. The van der Waals surface area contributed by atoms with E-state index in [1.54, 1.807) is 0 Å². The van der Waals surface area contributed by atoms with Crippen LogP contribution >= 0.6 is 0 Å². The molecule has 100 valence electrons. The Morgan fingerprint density at radius 1 is 1.41 bits per heavy atom. The topological polar surface area (TPSA) is 66.6 Å². The highest BCUT2D eigenvalue weighted by Crippen LogP contribution is 2.23. The number of nitrogens with zero attached hydrogens (tertiary/aromatic N) is 2. The second kappa shape index (κ2) is 5.22. The molecule has 2 aliphatic rings. The first-order valence-corrected chi connectivity index (χ1v) is 8.19. The van der Waals surface area contributed by atoms with Gasteiger partial charge in [-0.05, 0) is 19.9 Å². The van der Waals surface area contributed by atoms with Gasteiger partial charge in [0.1, 0.15) is 0 Å². The molecule has 2 saturated heterocycles. The fraction of sp³-hybridized carbons (Fsp3) is 1.00. The summed E-state index contributed by atoms with van der Waals surface area (Å²) in [5.74, 6) is 0.734. The molecule has 5 nitrogen and oxygen atoms in total. The Morgan fingerprint density at radius 3 is 2.76 bits per heavy atom. The van der Waals surface area contributed by atoms with Gasteiger partial charge in [-0.15, -0.1) is 0 Å². The lowest BCUT2D eigenvalue weighted by atomic mass is 10.2. The number of nitrogens with two attached hydrogens (primary N) is 1. The van der Waals surface area contributed by atoms with Gasteiger partial charge in [0.15, 0.2) is 9.84 Å². The number of likely N-dealkylation sites (tertiary alicyclic amines) is 1. The van der Waals surface area contributed by atoms with Crippen LogP contribution in [-0.2, 0) is 9.84 Å². The Balaban J connectivity index is 1.86. The van der Waals surface area contributed by atoms with Crippen molar-refractivity contribution in [2.45, 2.75) is 24.9 Å². The largest absolute Gasteiger partial charge is 0.329 e. The van der Waals surface area contributed by atoms with Gasteiger partial charge < -0.3 is 10.6 Å². The number of hydrogen-bond acceptors (Lipinski definition) is 5. The molecule has 0 spiro atoms. The number of rotatable bonds is 4. The molecule has 0 aromatic carbocycles. The van der Waals surface area contributed by atoms with E-state index in [0.29, 0.717) is 24.1 Å². The SMILES string of the molecule is CN(CCN)C1CCN(C2CCS(=O)(=O)C2)C1. The highest BCUT2D eigenvalue weighted by atomic mass is 32.2. The molecule has 0 radical (unpaired) electrons. The number of likely N-dealkylation sites (N-methyl/N-ethyl adjacent to an activating group) is 1. The van der Waals surface area contributed by atoms with Crippen LogP contribution in [0.15, 0.2) is 0 Å². The van der Waals surface area contributed by atoms with Gasteiger partial charge in [0, 0.05) is 38.3 Å². The molecule has 17 heavy (non-hydrogen) atoms. The quantitative estimate of drug-likeness (QED) is 0.713. The highest BCUT2D eigenvalue weighted by molar-refractivity contribution is 7.91. The molecule has 2 heterocycles. The smallest absolute Gasteiger partial charge is 0.151 e. The predicted molar refractivity (Wildman–Crippen MR) is 68.7 cm³/mol. The summed E-state index contributed by atoms with van der Waals surface area (Å²) in [5, 5.41) is 0. The first-order valence-electron chi connectivity index (χ1n) is 6.36. The summed E-state index contributed by atoms with van der Waals surface area (Å²) in [7, 11) is -0.653. The van der Waals surface area contributed by atoms with E-state index < -0.39 is 9.84 Å². The molecule has 2 unspecified atom stereocenters. The van der Waals surface area contributed by atoms with Gasteiger partial charge in [0.2, 0.25) is 0 Å². The first kappa shape index (κ1) is 13.3. The van der Waals surface area contributed by atoms with Crippen molar-refractivity contribution in [2.24, 2.45) is 5.73 Å². The monoisotopic (exact) mass is 261 g/mol. The standard InChI is InChI=1S/C11H23N3O2S/c1-13(6-4-12)10-2-5-14(8-10)11-3-7-17(15,16)9-11/h10-11H,2-9,12H2,1H3. The molecule has 2 atom stereocenters. The van der Waals surface area contributed by atoms with Crippen LogP contribution in [-0.4, -0.2) is 75.0 Å². The van der Waals surface area contributed by atoms with Gasteiger partial charge in [0.25, 0.3) is 0 Å². The molecule has 0 amide bonds. The lowest BCUT2D eigenvalue weighted by molar-refractivity contribution is 0.212. The van der Waals surface area contributed by atoms with Crippen LogP contribution in [0.1, 0.15) is 12.8 Å². The summed E-state index contributed by atoms with van der Waals surface area (Å²) in [4.78, 5) is 4.64. The van der Waals surface area contributed by atoms with Crippen LogP contribution in [0.4, 0.5) is 0 Å². The fourth-order valence-electron chi connectivity index (χ4n) is 2.91. The van der Waals surface area contributed by atoms with Crippen molar-refractivity contribution < 1.29 is 8.42 Å². The van der Waals surface area contributed by atoms with Crippen LogP contribution in [0.2, 0.25) is 0 Å². The lowest BCUT2D eigenvalue weighted by Gasteiger charge is -2.26. The maximum absolute atomic E-state index is 11.5. The minimum atomic E-state index is -2.76.